The Kier molecular flexibility index (Phi) is 4.35. The summed E-state index contributed by atoms with van der Waals surface area (Å²) in [6.45, 7) is 7.66. The molecule has 2 N–H and O–H groups in total. The van der Waals surface area contributed by atoms with Crippen LogP contribution < -0.4 is 5.32 Å². The Hall–Kier alpha value is -0.610. The summed E-state index contributed by atoms with van der Waals surface area (Å²) in [5.74, 6) is -0.862. The molecule has 0 bridgehead atoms. The summed E-state index contributed by atoms with van der Waals surface area (Å²) < 4.78 is 0. The first-order chi connectivity index (χ1) is 6.67. The van der Waals surface area contributed by atoms with Gasteiger partial charge in [-0.2, -0.15) is 0 Å². The van der Waals surface area contributed by atoms with Gasteiger partial charge in [0.15, 0.2) is 0 Å². The number of nitrogens with zero attached hydrogens (tertiary/aromatic N) is 1. The van der Waals surface area contributed by atoms with E-state index in [2.05, 4.69) is 24.1 Å². The van der Waals surface area contributed by atoms with Crippen molar-refractivity contribution in [3.8, 4) is 0 Å². The lowest BCUT2D eigenvalue weighted by Crippen LogP contribution is -2.50. The molecule has 0 amide bonds. The summed E-state index contributed by atoms with van der Waals surface area (Å²) in [7, 11) is 0. The third kappa shape index (κ3) is 2.96. The van der Waals surface area contributed by atoms with Crippen LogP contribution in [0.5, 0.6) is 0 Å². The number of hydrogen-bond donors (Lipinski definition) is 2. The average molecular weight is 200 g/mol. The number of carboxylic acids is 1. The van der Waals surface area contributed by atoms with Crippen LogP contribution in [-0.2, 0) is 4.79 Å². The van der Waals surface area contributed by atoms with Gasteiger partial charge in [0, 0.05) is 19.1 Å². The standard InChI is InChI=1S/C10H20N2O2/c1-3-11-9-5-8(10(13)14)6-12(4-2)7-9/h8-9,11H,3-7H2,1-2H3,(H,13,14). The summed E-state index contributed by atoms with van der Waals surface area (Å²) in [5.41, 5.74) is 0. The zero-order valence-electron chi connectivity index (χ0n) is 8.99. The van der Waals surface area contributed by atoms with Crippen LogP contribution in [-0.4, -0.2) is 48.2 Å². The molecular weight excluding hydrogens is 180 g/mol. The molecule has 14 heavy (non-hydrogen) atoms. The van der Waals surface area contributed by atoms with Crippen LogP contribution in [0.25, 0.3) is 0 Å². The average Bonchev–Trinajstić information content (AvgIpc) is 2.17. The number of likely N-dealkylation sites (tertiary alicyclic amines) is 1. The molecule has 1 heterocycles. The summed E-state index contributed by atoms with van der Waals surface area (Å²) in [5, 5.41) is 12.3. The van der Waals surface area contributed by atoms with Gasteiger partial charge in [-0.3, -0.25) is 4.79 Å². The van der Waals surface area contributed by atoms with Crippen molar-refractivity contribution >= 4 is 5.97 Å². The molecular formula is C10H20N2O2. The third-order valence-electron chi connectivity index (χ3n) is 2.82. The molecule has 0 saturated carbocycles. The van der Waals surface area contributed by atoms with E-state index in [1.54, 1.807) is 0 Å². The van der Waals surface area contributed by atoms with Crippen LogP contribution in [0.4, 0.5) is 0 Å². The fourth-order valence-corrected chi connectivity index (χ4v) is 2.06. The predicted molar refractivity (Wildman–Crippen MR) is 55.3 cm³/mol. The number of aliphatic carboxylic acids is 1. The summed E-state index contributed by atoms with van der Waals surface area (Å²) in [4.78, 5) is 13.1. The Morgan fingerprint density at radius 2 is 2.21 bits per heavy atom. The minimum atomic E-state index is -0.661. The van der Waals surface area contributed by atoms with Crippen molar-refractivity contribution in [2.45, 2.75) is 26.3 Å². The largest absolute Gasteiger partial charge is 0.481 e. The first kappa shape index (κ1) is 11.5. The first-order valence-corrected chi connectivity index (χ1v) is 5.35. The molecule has 0 aliphatic carbocycles. The number of hydrogen-bond acceptors (Lipinski definition) is 3. The number of carbonyl (C=O) groups is 1. The van der Waals surface area contributed by atoms with Gasteiger partial charge in [-0.05, 0) is 19.5 Å². The van der Waals surface area contributed by atoms with Crippen molar-refractivity contribution in [1.82, 2.24) is 10.2 Å². The molecule has 0 radical (unpaired) electrons. The second-order valence-corrected chi connectivity index (χ2v) is 3.88. The van der Waals surface area contributed by atoms with Crippen molar-refractivity contribution in [3.63, 3.8) is 0 Å². The van der Waals surface area contributed by atoms with E-state index in [1.165, 1.54) is 0 Å². The van der Waals surface area contributed by atoms with Crippen molar-refractivity contribution < 1.29 is 9.90 Å². The molecule has 2 atom stereocenters. The molecule has 1 saturated heterocycles. The van der Waals surface area contributed by atoms with E-state index in [1.807, 2.05) is 0 Å². The Balaban J connectivity index is 2.52. The van der Waals surface area contributed by atoms with Gasteiger partial charge in [0.2, 0.25) is 0 Å². The van der Waals surface area contributed by atoms with Gasteiger partial charge in [0.25, 0.3) is 0 Å². The van der Waals surface area contributed by atoms with Crippen molar-refractivity contribution in [2.75, 3.05) is 26.2 Å². The maximum absolute atomic E-state index is 10.9. The topological polar surface area (TPSA) is 52.6 Å². The second kappa shape index (κ2) is 5.32. The van der Waals surface area contributed by atoms with E-state index in [9.17, 15) is 4.79 Å². The number of likely N-dealkylation sites (N-methyl/N-ethyl adjacent to an activating group) is 2. The Labute approximate surface area is 85.3 Å². The zero-order chi connectivity index (χ0) is 10.6. The number of nitrogens with one attached hydrogen (secondary N) is 1. The van der Waals surface area contributed by atoms with Gasteiger partial charge >= 0.3 is 5.97 Å². The SMILES string of the molecule is CCNC1CC(C(=O)O)CN(CC)C1. The number of rotatable bonds is 4. The van der Waals surface area contributed by atoms with Crippen LogP contribution in [0.3, 0.4) is 0 Å². The van der Waals surface area contributed by atoms with Gasteiger partial charge in [0.05, 0.1) is 5.92 Å². The Morgan fingerprint density at radius 3 is 2.71 bits per heavy atom. The molecule has 4 heteroatoms. The summed E-state index contributed by atoms with van der Waals surface area (Å²) in [6.07, 6.45) is 0.764. The quantitative estimate of drug-likeness (QED) is 0.689. The molecule has 0 aromatic carbocycles. The monoisotopic (exact) mass is 200 g/mol. The van der Waals surface area contributed by atoms with E-state index in [4.69, 9.17) is 5.11 Å². The van der Waals surface area contributed by atoms with E-state index < -0.39 is 5.97 Å². The number of carboxylic acid groups (broad SMARTS) is 1. The first-order valence-electron chi connectivity index (χ1n) is 5.35. The molecule has 2 unspecified atom stereocenters. The number of piperidine rings is 1. The summed E-state index contributed by atoms with van der Waals surface area (Å²) >= 11 is 0. The van der Waals surface area contributed by atoms with E-state index in [0.717, 1.165) is 26.1 Å². The molecule has 4 nitrogen and oxygen atoms in total. The fourth-order valence-electron chi connectivity index (χ4n) is 2.06. The highest BCUT2D eigenvalue weighted by molar-refractivity contribution is 5.70. The van der Waals surface area contributed by atoms with E-state index in [0.29, 0.717) is 12.6 Å². The van der Waals surface area contributed by atoms with Crippen molar-refractivity contribution in [3.05, 3.63) is 0 Å². The normalized spacial score (nSPS) is 29.0. The van der Waals surface area contributed by atoms with Crippen LogP contribution in [0.15, 0.2) is 0 Å². The molecule has 82 valence electrons. The van der Waals surface area contributed by atoms with Gasteiger partial charge in [-0.25, -0.2) is 0 Å². The van der Waals surface area contributed by atoms with Crippen LogP contribution in [0.1, 0.15) is 20.3 Å². The van der Waals surface area contributed by atoms with Crippen molar-refractivity contribution in [1.29, 1.82) is 0 Å². The molecule has 0 aromatic heterocycles. The lowest BCUT2D eigenvalue weighted by Gasteiger charge is -2.35. The molecule has 1 aliphatic rings. The minimum absolute atomic E-state index is 0.201. The van der Waals surface area contributed by atoms with Gasteiger partial charge in [-0.1, -0.05) is 13.8 Å². The molecule has 1 aliphatic heterocycles. The highest BCUT2D eigenvalue weighted by Crippen LogP contribution is 2.16. The lowest BCUT2D eigenvalue weighted by atomic mass is 9.94. The maximum atomic E-state index is 10.9. The smallest absolute Gasteiger partial charge is 0.307 e. The lowest BCUT2D eigenvalue weighted by molar-refractivity contribution is -0.144. The Bertz CT molecular complexity index is 197. The van der Waals surface area contributed by atoms with Crippen LogP contribution >= 0.6 is 0 Å². The van der Waals surface area contributed by atoms with Gasteiger partial charge in [-0.15, -0.1) is 0 Å². The zero-order valence-corrected chi connectivity index (χ0v) is 8.99. The molecule has 0 spiro atoms. The van der Waals surface area contributed by atoms with E-state index in [-0.39, 0.29) is 5.92 Å². The minimum Gasteiger partial charge on any atom is -0.481 e. The fraction of sp³-hybridized carbons (Fsp3) is 0.900. The predicted octanol–water partition coefficient (Wildman–Crippen LogP) is 0.391. The van der Waals surface area contributed by atoms with Crippen LogP contribution in [0.2, 0.25) is 0 Å². The summed E-state index contributed by atoms with van der Waals surface area (Å²) in [6, 6.07) is 0.342. The second-order valence-electron chi connectivity index (χ2n) is 3.88. The van der Waals surface area contributed by atoms with Crippen molar-refractivity contribution in [2.24, 2.45) is 5.92 Å². The molecule has 1 rings (SSSR count). The maximum Gasteiger partial charge on any atom is 0.307 e. The van der Waals surface area contributed by atoms with Gasteiger partial charge in [0.1, 0.15) is 0 Å². The third-order valence-corrected chi connectivity index (χ3v) is 2.82. The highest BCUT2D eigenvalue weighted by atomic mass is 16.4. The molecule has 1 fully saturated rings. The van der Waals surface area contributed by atoms with Gasteiger partial charge < -0.3 is 15.3 Å². The molecule has 0 aromatic rings. The highest BCUT2D eigenvalue weighted by Gasteiger charge is 2.30. The van der Waals surface area contributed by atoms with Crippen LogP contribution in [0, 0.1) is 5.92 Å². The Morgan fingerprint density at radius 1 is 1.50 bits per heavy atom. The van der Waals surface area contributed by atoms with E-state index >= 15 is 0 Å².